The van der Waals surface area contributed by atoms with Crippen LogP contribution in [-0.2, 0) is 13.5 Å². The molecule has 2 heterocycles. The lowest BCUT2D eigenvalue weighted by Crippen LogP contribution is -2.58. The largest absolute Gasteiger partial charge is 0.205 e. The highest BCUT2D eigenvalue weighted by molar-refractivity contribution is 6.99. The van der Waals surface area contributed by atoms with E-state index in [0.717, 1.165) is 6.42 Å². The van der Waals surface area contributed by atoms with Crippen molar-refractivity contribution < 1.29 is 4.57 Å². The Bertz CT molecular complexity index is 676. The zero-order valence-electron chi connectivity index (χ0n) is 13.5. The highest BCUT2D eigenvalue weighted by atomic mass is 28.3. The second-order valence-corrected chi connectivity index (χ2v) is 14.8. The summed E-state index contributed by atoms with van der Waals surface area (Å²) >= 11 is 0. The Morgan fingerprint density at radius 1 is 1.20 bits per heavy atom. The third kappa shape index (κ3) is 1.99. The minimum atomic E-state index is -1.24. The Morgan fingerprint density at radius 3 is 2.65 bits per heavy atom. The number of rotatable bonds is 1. The molecule has 0 bridgehead atoms. The molecule has 106 valence electrons. The van der Waals surface area contributed by atoms with E-state index >= 15 is 0 Å². The fraction of sp³-hybridized carbons (Fsp3) is 0.471. The minimum absolute atomic E-state index is 0.691. The molecule has 3 rings (SSSR count). The molecule has 1 aromatic heterocycles. The quantitative estimate of drug-likeness (QED) is 0.562. The van der Waals surface area contributed by atoms with Crippen LogP contribution < -0.4 is 14.9 Å². The molecule has 0 aliphatic carbocycles. The van der Waals surface area contributed by atoms with Crippen molar-refractivity contribution in [2.45, 2.75) is 45.1 Å². The van der Waals surface area contributed by atoms with Crippen LogP contribution in [0, 0.1) is 0 Å². The molecule has 0 N–H and O–H groups in total. The summed E-state index contributed by atoms with van der Waals surface area (Å²) in [7, 11) is 0.242. The molecule has 1 aliphatic heterocycles. The zero-order valence-corrected chi connectivity index (χ0v) is 15.6. The third-order valence-electron chi connectivity index (χ3n) is 5.22. The number of nitrogens with zero attached hydrogens (tertiary/aromatic N) is 1. The normalized spacial score (nSPS) is 20.9. The maximum Gasteiger partial charge on any atom is 0.188 e. The number of benzene rings is 1. The predicted molar refractivity (Wildman–Crippen MR) is 93.9 cm³/mol. The molecule has 0 radical (unpaired) electrons. The lowest BCUT2D eigenvalue weighted by Gasteiger charge is -2.35. The summed E-state index contributed by atoms with van der Waals surface area (Å²) in [6.45, 7) is 9.96. The van der Waals surface area contributed by atoms with E-state index in [-0.39, 0.29) is 0 Å². The van der Waals surface area contributed by atoms with E-state index in [1.165, 1.54) is 23.2 Å². The van der Waals surface area contributed by atoms with Gasteiger partial charge < -0.3 is 0 Å². The fourth-order valence-electron chi connectivity index (χ4n) is 3.99. The molecule has 3 heteroatoms. The molecule has 1 aliphatic rings. The first-order valence-corrected chi connectivity index (χ1v) is 13.7. The Morgan fingerprint density at radius 2 is 1.95 bits per heavy atom. The molecule has 1 nitrogen and oxygen atoms in total. The fourth-order valence-corrected chi connectivity index (χ4v) is 14.0. The Hall–Kier alpha value is -0.936. The standard InChI is InChI=1S/C17H26NSi2/c1-6-15-13-7-8-16-17(14(13)9-10-18(15)2)20(4,5)12-11-19(16)3/h7-10,19H,6,11-12H2,1-5H3/q+1. The van der Waals surface area contributed by atoms with Crippen molar-refractivity contribution in [3.8, 4) is 0 Å². The number of fused-ring (bicyclic) bond motifs is 3. The number of aryl methyl sites for hydroxylation is 2. The van der Waals surface area contributed by atoms with E-state index in [4.69, 9.17) is 0 Å². The van der Waals surface area contributed by atoms with Crippen LogP contribution in [0.3, 0.4) is 0 Å². The molecule has 1 unspecified atom stereocenters. The molecular weight excluding hydrogens is 274 g/mol. The number of hydrogen-bond donors (Lipinski definition) is 0. The van der Waals surface area contributed by atoms with Crippen LogP contribution in [0.5, 0.6) is 0 Å². The van der Waals surface area contributed by atoms with Gasteiger partial charge >= 0.3 is 0 Å². The third-order valence-corrected chi connectivity index (χ3v) is 12.2. The summed E-state index contributed by atoms with van der Waals surface area (Å²) in [5.41, 5.74) is 1.48. The Kier molecular flexibility index (Phi) is 3.37. The molecule has 20 heavy (non-hydrogen) atoms. The van der Waals surface area contributed by atoms with Gasteiger partial charge in [0.2, 0.25) is 0 Å². The van der Waals surface area contributed by atoms with Crippen LogP contribution in [0.1, 0.15) is 12.6 Å². The summed E-state index contributed by atoms with van der Waals surface area (Å²) < 4.78 is 2.30. The van der Waals surface area contributed by atoms with Crippen LogP contribution in [0.25, 0.3) is 10.8 Å². The first-order chi connectivity index (χ1) is 9.45. The van der Waals surface area contributed by atoms with E-state index < -0.39 is 16.9 Å². The highest BCUT2D eigenvalue weighted by Gasteiger charge is 2.35. The summed E-state index contributed by atoms with van der Waals surface area (Å²) in [5, 5.41) is 6.65. The summed E-state index contributed by atoms with van der Waals surface area (Å²) in [4.78, 5) is 0. The van der Waals surface area contributed by atoms with Gasteiger partial charge in [-0.1, -0.05) is 55.1 Å². The second-order valence-electron chi connectivity index (χ2n) is 7.04. The maximum atomic E-state index is 2.57. The highest BCUT2D eigenvalue weighted by Crippen LogP contribution is 2.24. The predicted octanol–water partition coefficient (Wildman–Crippen LogP) is 2.22. The van der Waals surface area contributed by atoms with E-state index in [1.54, 1.807) is 15.8 Å². The summed E-state index contributed by atoms with van der Waals surface area (Å²) in [6, 6.07) is 10.3. The smallest absolute Gasteiger partial charge is 0.188 e. The summed E-state index contributed by atoms with van der Waals surface area (Å²) in [5.74, 6) is 0. The molecule has 0 fully saturated rings. The average Bonchev–Trinajstić information content (AvgIpc) is 2.42. The SMILES string of the molecule is CCc1c2ccc3c(c2cc[n+]1C)[Si](C)(C)CC[SiH]3C. The van der Waals surface area contributed by atoms with Gasteiger partial charge in [-0.25, -0.2) is 4.57 Å². The summed E-state index contributed by atoms with van der Waals surface area (Å²) in [6.07, 6.45) is 3.38. The van der Waals surface area contributed by atoms with Crippen molar-refractivity contribution >= 4 is 38.0 Å². The van der Waals surface area contributed by atoms with Crippen LogP contribution in [0.4, 0.5) is 0 Å². The maximum absolute atomic E-state index is 2.57. The molecule has 1 atom stereocenters. The van der Waals surface area contributed by atoms with Crippen LogP contribution in [0.2, 0.25) is 31.7 Å². The Labute approximate surface area is 125 Å². The first kappa shape index (κ1) is 14.0. The van der Waals surface area contributed by atoms with Crippen LogP contribution in [0.15, 0.2) is 24.4 Å². The molecule has 0 saturated heterocycles. The van der Waals surface area contributed by atoms with Gasteiger partial charge in [-0.15, -0.1) is 0 Å². The molecule has 0 amide bonds. The average molecular weight is 301 g/mol. The minimum Gasteiger partial charge on any atom is -0.205 e. The van der Waals surface area contributed by atoms with E-state index in [0.29, 0.717) is 0 Å². The number of hydrogen-bond acceptors (Lipinski definition) is 0. The van der Waals surface area contributed by atoms with Crippen LogP contribution in [-0.4, -0.2) is 16.9 Å². The van der Waals surface area contributed by atoms with Crippen molar-refractivity contribution in [3.05, 3.63) is 30.1 Å². The van der Waals surface area contributed by atoms with Crippen LogP contribution >= 0.6 is 0 Å². The van der Waals surface area contributed by atoms with Gasteiger partial charge in [0.15, 0.2) is 11.9 Å². The molecule has 1 aromatic carbocycles. The van der Waals surface area contributed by atoms with Gasteiger partial charge in [-0.2, -0.15) is 0 Å². The molecular formula is C17H26NSi2+. The van der Waals surface area contributed by atoms with Crippen molar-refractivity contribution in [1.82, 2.24) is 0 Å². The van der Waals surface area contributed by atoms with Gasteiger partial charge in [0.05, 0.1) is 16.9 Å². The van der Waals surface area contributed by atoms with Gasteiger partial charge in [0, 0.05) is 17.9 Å². The van der Waals surface area contributed by atoms with Gasteiger partial charge in [0.1, 0.15) is 7.05 Å². The first-order valence-electron chi connectivity index (χ1n) is 7.90. The molecule has 0 saturated carbocycles. The van der Waals surface area contributed by atoms with Gasteiger partial charge in [-0.3, -0.25) is 0 Å². The monoisotopic (exact) mass is 300 g/mol. The number of pyridine rings is 1. The molecule has 0 spiro atoms. The Balaban J connectivity index is 2.41. The van der Waals surface area contributed by atoms with Crippen molar-refractivity contribution in [2.75, 3.05) is 0 Å². The lowest BCUT2D eigenvalue weighted by atomic mass is 10.1. The van der Waals surface area contributed by atoms with Crippen molar-refractivity contribution in [3.63, 3.8) is 0 Å². The van der Waals surface area contributed by atoms with Crippen molar-refractivity contribution in [1.29, 1.82) is 0 Å². The van der Waals surface area contributed by atoms with E-state index in [9.17, 15) is 0 Å². The number of aromatic nitrogens is 1. The molecule has 2 aromatic rings. The zero-order chi connectivity index (χ0) is 14.5. The van der Waals surface area contributed by atoms with E-state index in [2.05, 4.69) is 62.6 Å². The topological polar surface area (TPSA) is 3.88 Å². The second kappa shape index (κ2) is 4.81. The lowest BCUT2D eigenvalue weighted by molar-refractivity contribution is -0.677. The van der Waals surface area contributed by atoms with E-state index in [1.807, 2.05) is 0 Å². The van der Waals surface area contributed by atoms with Gasteiger partial charge in [0.25, 0.3) is 0 Å². The van der Waals surface area contributed by atoms with Crippen molar-refractivity contribution in [2.24, 2.45) is 7.05 Å². The van der Waals surface area contributed by atoms with Gasteiger partial charge in [-0.05, 0) is 11.5 Å².